The minimum Gasteiger partial charge on any atom is -0.469 e. The van der Waals surface area contributed by atoms with E-state index >= 15 is 0 Å². The number of hydrogen-bond acceptors (Lipinski definition) is 4. The first-order valence-electron chi connectivity index (χ1n) is 5.97. The maximum absolute atomic E-state index is 13.4. The number of benzene rings is 1. The molecule has 0 heterocycles. The highest BCUT2D eigenvalue weighted by Gasteiger charge is 2.22. The minimum atomic E-state index is -1.17. The Kier molecular flexibility index (Phi) is 5.77. The van der Waals surface area contributed by atoms with Crippen molar-refractivity contribution in [2.75, 3.05) is 7.11 Å². The molecule has 0 aromatic heterocycles. The van der Waals surface area contributed by atoms with Gasteiger partial charge in [-0.2, -0.15) is 0 Å². The molecule has 6 nitrogen and oxygen atoms in total. The third-order valence-electron chi connectivity index (χ3n) is 2.69. The van der Waals surface area contributed by atoms with Gasteiger partial charge in [0, 0.05) is 12.5 Å². The van der Waals surface area contributed by atoms with E-state index in [2.05, 4.69) is 10.1 Å². The van der Waals surface area contributed by atoms with E-state index in [1.54, 1.807) is 0 Å². The highest BCUT2D eigenvalue weighted by atomic mass is 19.1. The summed E-state index contributed by atoms with van der Waals surface area (Å²) in [5, 5.41) is 2.19. The van der Waals surface area contributed by atoms with Crippen LogP contribution in [0, 0.1) is 11.6 Å². The molecule has 0 fully saturated rings. The summed E-state index contributed by atoms with van der Waals surface area (Å²) in [6, 6.07) is 1.23. The lowest BCUT2D eigenvalue weighted by Crippen LogP contribution is -2.45. The van der Waals surface area contributed by atoms with Crippen molar-refractivity contribution in [3.63, 3.8) is 0 Å². The van der Waals surface area contributed by atoms with Crippen molar-refractivity contribution < 1.29 is 27.9 Å². The van der Waals surface area contributed by atoms with Crippen LogP contribution >= 0.6 is 0 Å². The van der Waals surface area contributed by atoms with Crippen molar-refractivity contribution in [1.29, 1.82) is 0 Å². The van der Waals surface area contributed by atoms with Crippen molar-refractivity contribution in [2.24, 2.45) is 5.73 Å². The molecule has 1 atom stereocenters. The summed E-state index contributed by atoms with van der Waals surface area (Å²) < 4.78 is 30.6. The van der Waals surface area contributed by atoms with Gasteiger partial charge in [-0.1, -0.05) is 0 Å². The van der Waals surface area contributed by atoms with Crippen molar-refractivity contribution in [1.82, 2.24) is 5.32 Å². The first-order valence-corrected chi connectivity index (χ1v) is 5.97. The largest absolute Gasteiger partial charge is 0.469 e. The Morgan fingerprint density at radius 2 is 2.00 bits per heavy atom. The van der Waals surface area contributed by atoms with E-state index in [1.807, 2.05) is 0 Å². The Balaban J connectivity index is 2.76. The molecule has 1 aromatic carbocycles. The van der Waals surface area contributed by atoms with E-state index in [-0.39, 0.29) is 12.8 Å². The van der Waals surface area contributed by atoms with E-state index in [4.69, 9.17) is 5.73 Å². The van der Waals surface area contributed by atoms with E-state index in [1.165, 1.54) is 7.11 Å². The Labute approximate surface area is 119 Å². The van der Waals surface area contributed by atoms with Gasteiger partial charge in [0.2, 0.25) is 5.91 Å². The summed E-state index contributed by atoms with van der Waals surface area (Å²) in [7, 11) is 1.17. The average Bonchev–Trinajstić information content (AvgIpc) is 2.42. The number of carbonyl (C=O) groups is 3. The zero-order valence-corrected chi connectivity index (χ0v) is 11.2. The number of primary amides is 1. The molecule has 3 N–H and O–H groups in total. The van der Waals surface area contributed by atoms with Crippen LogP contribution in [0.2, 0.25) is 0 Å². The molecule has 0 saturated carbocycles. The second kappa shape index (κ2) is 7.32. The quantitative estimate of drug-likeness (QED) is 0.747. The second-order valence-corrected chi connectivity index (χ2v) is 4.17. The number of rotatable bonds is 6. The van der Waals surface area contributed by atoms with Gasteiger partial charge in [-0.25, -0.2) is 8.78 Å². The maximum Gasteiger partial charge on any atom is 0.305 e. The normalized spacial score (nSPS) is 11.6. The highest BCUT2D eigenvalue weighted by molar-refractivity contribution is 5.97. The number of ether oxygens (including phenoxy) is 1. The minimum absolute atomic E-state index is 0.0867. The van der Waals surface area contributed by atoms with Gasteiger partial charge >= 0.3 is 5.97 Å². The van der Waals surface area contributed by atoms with Crippen molar-refractivity contribution in [2.45, 2.75) is 18.9 Å². The summed E-state index contributed by atoms with van der Waals surface area (Å²) in [5.41, 5.74) is 4.66. The van der Waals surface area contributed by atoms with E-state index in [0.717, 1.165) is 12.1 Å². The van der Waals surface area contributed by atoms with Crippen LogP contribution in [0.5, 0.6) is 0 Å². The fourth-order valence-electron chi connectivity index (χ4n) is 1.56. The number of esters is 1. The van der Waals surface area contributed by atoms with Gasteiger partial charge in [0.25, 0.3) is 5.91 Å². The van der Waals surface area contributed by atoms with Crippen molar-refractivity contribution in [3.8, 4) is 0 Å². The molecular weight excluding hydrogens is 286 g/mol. The molecule has 0 bridgehead atoms. The lowest BCUT2D eigenvalue weighted by atomic mass is 10.1. The summed E-state index contributed by atoms with van der Waals surface area (Å²) >= 11 is 0. The summed E-state index contributed by atoms with van der Waals surface area (Å²) in [6.45, 7) is 0. The Hall–Kier alpha value is -2.51. The molecule has 0 aliphatic heterocycles. The Bertz CT molecular complexity index is 563. The molecule has 1 rings (SSSR count). The number of amides is 2. The standard InChI is InChI=1S/C13H14F2N2O4/c1-21-11(18)5-4-10(12(16)19)17-13(20)8-3-2-7(14)6-9(8)15/h2-3,6,10H,4-5H2,1H3,(H2,16,19)(H,17,20)/t10-/m1/s1. The van der Waals surface area contributed by atoms with Crippen LogP contribution in [-0.4, -0.2) is 30.9 Å². The molecule has 0 unspecified atom stereocenters. The highest BCUT2D eigenvalue weighted by Crippen LogP contribution is 2.10. The number of hydrogen-bond donors (Lipinski definition) is 2. The van der Waals surface area contributed by atoms with Gasteiger partial charge in [-0.15, -0.1) is 0 Å². The molecule has 0 aliphatic carbocycles. The van der Waals surface area contributed by atoms with E-state index < -0.39 is 41.0 Å². The predicted molar refractivity (Wildman–Crippen MR) is 68.1 cm³/mol. The van der Waals surface area contributed by atoms with Crippen LogP contribution < -0.4 is 11.1 Å². The molecule has 0 aliphatic rings. The lowest BCUT2D eigenvalue weighted by molar-refractivity contribution is -0.140. The Morgan fingerprint density at radius 3 is 2.52 bits per heavy atom. The summed E-state index contributed by atoms with van der Waals surface area (Å²) in [4.78, 5) is 34.0. The molecule has 0 spiro atoms. The molecule has 114 valence electrons. The molecule has 0 radical (unpaired) electrons. The van der Waals surface area contributed by atoms with Gasteiger partial charge in [-0.3, -0.25) is 14.4 Å². The molecule has 21 heavy (non-hydrogen) atoms. The second-order valence-electron chi connectivity index (χ2n) is 4.17. The number of nitrogens with one attached hydrogen (secondary N) is 1. The zero-order chi connectivity index (χ0) is 16.0. The lowest BCUT2D eigenvalue weighted by Gasteiger charge is -2.15. The molecule has 2 amide bonds. The topological polar surface area (TPSA) is 98.5 Å². The van der Waals surface area contributed by atoms with E-state index in [0.29, 0.717) is 6.07 Å². The molecular formula is C13H14F2N2O4. The number of halogens is 2. The van der Waals surface area contributed by atoms with Crippen molar-refractivity contribution >= 4 is 17.8 Å². The van der Waals surface area contributed by atoms with E-state index in [9.17, 15) is 23.2 Å². The first kappa shape index (κ1) is 16.5. The Morgan fingerprint density at radius 1 is 1.33 bits per heavy atom. The van der Waals surface area contributed by atoms with Gasteiger partial charge < -0.3 is 15.8 Å². The third kappa shape index (κ3) is 4.83. The summed E-state index contributed by atoms with van der Waals surface area (Å²) in [5.74, 6) is -4.29. The summed E-state index contributed by atoms with van der Waals surface area (Å²) in [6.07, 6.45) is -0.229. The zero-order valence-electron chi connectivity index (χ0n) is 11.2. The number of methoxy groups -OCH3 is 1. The fraction of sp³-hybridized carbons (Fsp3) is 0.308. The predicted octanol–water partition coefficient (Wildman–Crippen LogP) is 0.502. The third-order valence-corrected chi connectivity index (χ3v) is 2.69. The number of nitrogens with two attached hydrogens (primary N) is 1. The molecule has 0 saturated heterocycles. The van der Waals surface area contributed by atoms with Crippen molar-refractivity contribution in [3.05, 3.63) is 35.4 Å². The maximum atomic E-state index is 13.4. The fourth-order valence-corrected chi connectivity index (χ4v) is 1.56. The molecule has 1 aromatic rings. The van der Waals surface area contributed by atoms with Crippen LogP contribution in [0.15, 0.2) is 18.2 Å². The van der Waals surface area contributed by atoms with Gasteiger partial charge in [0.1, 0.15) is 17.7 Å². The average molecular weight is 300 g/mol. The molecule has 8 heteroatoms. The number of carbonyl (C=O) groups excluding carboxylic acids is 3. The van der Waals surface area contributed by atoms with Gasteiger partial charge in [0.15, 0.2) is 0 Å². The van der Waals surface area contributed by atoms with Crippen LogP contribution in [0.4, 0.5) is 8.78 Å². The van der Waals surface area contributed by atoms with Crippen LogP contribution in [0.25, 0.3) is 0 Å². The van der Waals surface area contributed by atoms with Gasteiger partial charge in [-0.05, 0) is 18.6 Å². The van der Waals surface area contributed by atoms with Crippen LogP contribution in [0.1, 0.15) is 23.2 Å². The SMILES string of the molecule is COC(=O)CC[C@@H](NC(=O)c1ccc(F)cc1F)C(N)=O. The monoisotopic (exact) mass is 300 g/mol. The smallest absolute Gasteiger partial charge is 0.305 e. The van der Waals surface area contributed by atoms with Crippen LogP contribution in [-0.2, 0) is 14.3 Å². The first-order chi connectivity index (χ1) is 9.85. The van der Waals surface area contributed by atoms with Gasteiger partial charge in [0.05, 0.1) is 12.7 Å². The van der Waals surface area contributed by atoms with Crippen LogP contribution in [0.3, 0.4) is 0 Å².